The molecule has 112 valence electrons. The number of carbonyl (C=O) groups is 1. The van der Waals surface area contributed by atoms with E-state index in [0.717, 1.165) is 38.3 Å². The minimum atomic E-state index is 0. The third-order valence-electron chi connectivity index (χ3n) is 4.60. The van der Waals surface area contributed by atoms with Gasteiger partial charge in [0, 0.05) is 25.0 Å². The Labute approximate surface area is 123 Å². The summed E-state index contributed by atoms with van der Waals surface area (Å²) in [4.78, 5) is 14.4. The number of carbonyl (C=O) groups excluding carboxylic acids is 1. The lowest BCUT2D eigenvalue weighted by Crippen LogP contribution is -2.47. The van der Waals surface area contributed by atoms with Crippen LogP contribution in [-0.4, -0.2) is 29.9 Å². The molecule has 1 aliphatic carbocycles. The molecule has 3 nitrogen and oxygen atoms in total. The van der Waals surface area contributed by atoms with Gasteiger partial charge in [-0.2, -0.15) is 0 Å². The summed E-state index contributed by atoms with van der Waals surface area (Å²) in [6, 6.07) is 0.199. The summed E-state index contributed by atoms with van der Waals surface area (Å²) >= 11 is 0. The van der Waals surface area contributed by atoms with Gasteiger partial charge in [0.25, 0.3) is 0 Å². The molecule has 0 radical (unpaired) electrons. The van der Waals surface area contributed by atoms with E-state index in [0.29, 0.717) is 5.91 Å². The van der Waals surface area contributed by atoms with Crippen molar-refractivity contribution < 1.29 is 4.79 Å². The lowest BCUT2D eigenvalue weighted by molar-refractivity contribution is -0.136. The van der Waals surface area contributed by atoms with E-state index in [9.17, 15) is 4.79 Å². The van der Waals surface area contributed by atoms with Gasteiger partial charge in [-0.3, -0.25) is 4.79 Å². The van der Waals surface area contributed by atoms with E-state index in [1.807, 2.05) is 4.90 Å². The molecule has 1 saturated heterocycles. The zero-order valence-corrected chi connectivity index (χ0v) is 13.0. The Morgan fingerprint density at radius 2 is 1.89 bits per heavy atom. The first kappa shape index (κ1) is 16.8. The van der Waals surface area contributed by atoms with Gasteiger partial charge in [0.1, 0.15) is 0 Å². The standard InChI is InChI=1S/C15H28N2O.ClH/c1-12(10-13-6-3-2-4-7-13)15(18)17-9-5-8-14(16)11-17;/h12-14H,2-11,16H2,1H3;1H. The summed E-state index contributed by atoms with van der Waals surface area (Å²) in [5.74, 6) is 1.32. The summed E-state index contributed by atoms with van der Waals surface area (Å²) in [6.07, 6.45) is 10.0. The van der Waals surface area contributed by atoms with Gasteiger partial charge in [0.05, 0.1) is 0 Å². The first-order valence-corrected chi connectivity index (χ1v) is 7.71. The van der Waals surface area contributed by atoms with Crippen LogP contribution in [0.2, 0.25) is 0 Å². The number of halogens is 1. The van der Waals surface area contributed by atoms with E-state index in [1.165, 1.54) is 32.1 Å². The highest BCUT2D eigenvalue weighted by molar-refractivity contribution is 5.85. The largest absolute Gasteiger partial charge is 0.341 e. The highest BCUT2D eigenvalue weighted by Crippen LogP contribution is 2.29. The normalized spacial score (nSPS) is 26.6. The number of amides is 1. The molecule has 1 heterocycles. The second-order valence-corrected chi connectivity index (χ2v) is 6.33. The Morgan fingerprint density at radius 3 is 2.53 bits per heavy atom. The predicted octanol–water partition coefficient (Wildman–Crippen LogP) is 2.96. The van der Waals surface area contributed by atoms with Crippen molar-refractivity contribution >= 4 is 18.3 Å². The van der Waals surface area contributed by atoms with Crippen molar-refractivity contribution in [3.05, 3.63) is 0 Å². The van der Waals surface area contributed by atoms with Gasteiger partial charge in [-0.1, -0.05) is 39.0 Å². The second-order valence-electron chi connectivity index (χ2n) is 6.33. The number of piperidine rings is 1. The fourth-order valence-electron chi connectivity index (χ4n) is 3.55. The molecule has 2 rings (SSSR count). The maximum Gasteiger partial charge on any atom is 0.225 e. The molecule has 19 heavy (non-hydrogen) atoms. The van der Waals surface area contributed by atoms with Crippen LogP contribution in [0.15, 0.2) is 0 Å². The lowest BCUT2D eigenvalue weighted by atomic mass is 9.83. The summed E-state index contributed by atoms with van der Waals surface area (Å²) < 4.78 is 0. The third kappa shape index (κ3) is 4.96. The van der Waals surface area contributed by atoms with Crippen LogP contribution in [-0.2, 0) is 4.79 Å². The van der Waals surface area contributed by atoms with Crippen LogP contribution in [0.1, 0.15) is 58.3 Å². The van der Waals surface area contributed by atoms with Crippen molar-refractivity contribution in [2.75, 3.05) is 13.1 Å². The molecule has 4 heteroatoms. The van der Waals surface area contributed by atoms with Gasteiger partial charge in [0.2, 0.25) is 5.91 Å². The van der Waals surface area contributed by atoms with E-state index in [1.54, 1.807) is 0 Å². The maximum atomic E-state index is 12.4. The molecular formula is C15H29ClN2O. The Morgan fingerprint density at radius 1 is 1.21 bits per heavy atom. The van der Waals surface area contributed by atoms with Gasteiger partial charge in [0.15, 0.2) is 0 Å². The number of likely N-dealkylation sites (tertiary alicyclic amines) is 1. The number of hydrogen-bond donors (Lipinski definition) is 1. The fourth-order valence-corrected chi connectivity index (χ4v) is 3.55. The van der Waals surface area contributed by atoms with Gasteiger partial charge in [-0.05, 0) is 25.2 Å². The molecule has 0 aromatic heterocycles. The quantitative estimate of drug-likeness (QED) is 0.868. The van der Waals surface area contributed by atoms with Crippen molar-refractivity contribution in [2.24, 2.45) is 17.6 Å². The van der Waals surface area contributed by atoms with Crippen LogP contribution in [0.4, 0.5) is 0 Å². The minimum Gasteiger partial charge on any atom is -0.341 e. The molecule has 2 aliphatic rings. The summed E-state index contributed by atoms with van der Waals surface area (Å²) in [5.41, 5.74) is 5.95. The molecular weight excluding hydrogens is 260 g/mol. The molecule has 2 unspecified atom stereocenters. The van der Waals surface area contributed by atoms with Crippen LogP contribution < -0.4 is 5.73 Å². The van der Waals surface area contributed by atoms with E-state index in [-0.39, 0.29) is 24.4 Å². The molecule has 2 N–H and O–H groups in total. The van der Waals surface area contributed by atoms with Crippen LogP contribution in [0, 0.1) is 11.8 Å². The van der Waals surface area contributed by atoms with Crippen molar-refractivity contribution in [1.29, 1.82) is 0 Å². The summed E-state index contributed by atoms with van der Waals surface area (Å²) in [6.45, 7) is 3.80. The number of nitrogens with two attached hydrogens (primary N) is 1. The van der Waals surface area contributed by atoms with E-state index >= 15 is 0 Å². The zero-order valence-electron chi connectivity index (χ0n) is 12.1. The number of nitrogens with zero attached hydrogens (tertiary/aromatic N) is 1. The average Bonchev–Trinajstić information content (AvgIpc) is 2.39. The molecule has 2 atom stereocenters. The van der Waals surface area contributed by atoms with Gasteiger partial charge >= 0.3 is 0 Å². The first-order valence-electron chi connectivity index (χ1n) is 7.71. The van der Waals surface area contributed by atoms with Crippen molar-refractivity contribution in [3.8, 4) is 0 Å². The SMILES string of the molecule is CC(CC1CCCCC1)C(=O)N1CCCC(N)C1.Cl. The highest BCUT2D eigenvalue weighted by Gasteiger charge is 2.27. The maximum absolute atomic E-state index is 12.4. The Balaban J connectivity index is 0.00000180. The van der Waals surface area contributed by atoms with Gasteiger partial charge < -0.3 is 10.6 Å². The molecule has 1 amide bonds. The van der Waals surface area contributed by atoms with Crippen molar-refractivity contribution in [2.45, 2.75) is 64.3 Å². The van der Waals surface area contributed by atoms with Crippen molar-refractivity contribution in [3.63, 3.8) is 0 Å². The highest BCUT2D eigenvalue weighted by atomic mass is 35.5. The lowest BCUT2D eigenvalue weighted by Gasteiger charge is -2.34. The molecule has 0 aromatic carbocycles. The Hall–Kier alpha value is -0.280. The molecule has 1 saturated carbocycles. The number of rotatable bonds is 3. The third-order valence-corrected chi connectivity index (χ3v) is 4.60. The van der Waals surface area contributed by atoms with Crippen LogP contribution in [0.5, 0.6) is 0 Å². The van der Waals surface area contributed by atoms with E-state index in [2.05, 4.69) is 6.92 Å². The molecule has 0 bridgehead atoms. The monoisotopic (exact) mass is 288 g/mol. The van der Waals surface area contributed by atoms with E-state index in [4.69, 9.17) is 5.73 Å². The minimum absolute atomic E-state index is 0. The molecule has 0 aromatic rings. The Bertz CT molecular complexity index is 279. The Kier molecular flexibility index (Phi) is 7.16. The summed E-state index contributed by atoms with van der Waals surface area (Å²) in [7, 11) is 0. The average molecular weight is 289 g/mol. The first-order chi connectivity index (χ1) is 8.66. The molecule has 2 fully saturated rings. The number of hydrogen-bond acceptors (Lipinski definition) is 2. The van der Waals surface area contributed by atoms with Gasteiger partial charge in [-0.25, -0.2) is 0 Å². The van der Waals surface area contributed by atoms with Gasteiger partial charge in [-0.15, -0.1) is 12.4 Å². The van der Waals surface area contributed by atoms with Crippen molar-refractivity contribution in [1.82, 2.24) is 4.90 Å². The van der Waals surface area contributed by atoms with Crippen LogP contribution in [0.3, 0.4) is 0 Å². The zero-order chi connectivity index (χ0) is 13.0. The second kappa shape index (κ2) is 8.11. The van der Waals surface area contributed by atoms with Crippen LogP contribution >= 0.6 is 12.4 Å². The molecule has 1 aliphatic heterocycles. The topological polar surface area (TPSA) is 46.3 Å². The fraction of sp³-hybridized carbons (Fsp3) is 0.933. The predicted molar refractivity (Wildman–Crippen MR) is 81.4 cm³/mol. The van der Waals surface area contributed by atoms with E-state index < -0.39 is 0 Å². The molecule has 0 spiro atoms. The smallest absolute Gasteiger partial charge is 0.225 e. The van der Waals surface area contributed by atoms with Crippen LogP contribution in [0.25, 0.3) is 0 Å². The summed E-state index contributed by atoms with van der Waals surface area (Å²) in [5, 5.41) is 0.